The summed E-state index contributed by atoms with van der Waals surface area (Å²) in [6.45, 7) is 4.18. The molecule has 0 fully saturated rings. The third-order valence-electron chi connectivity index (χ3n) is 4.73. The Labute approximate surface area is 173 Å². The van der Waals surface area contributed by atoms with E-state index in [1.54, 1.807) is 35.7 Å². The highest BCUT2D eigenvalue weighted by molar-refractivity contribution is 7.94. The molecule has 29 heavy (non-hydrogen) atoms. The van der Waals surface area contributed by atoms with E-state index in [-0.39, 0.29) is 10.3 Å². The van der Waals surface area contributed by atoms with Gasteiger partial charge < -0.3 is 4.57 Å². The summed E-state index contributed by atoms with van der Waals surface area (Å²) >= 11 is 1.19. The van der Waals surface area contributed by atoms with Crippen LogP contribution in [0.1, 0.15) is 25.5 Å². The lowest BCUT2D eigenvalue weighted by molar-refractivity contribution is 0.603. The van der Waals surface area contributed by atoms with E-state index in [0.29, 0.717) is 11.3 Å². The monoisotopic (exact) mass is 421 g/mol. The Kier molecular flexibility index (Phi) is 4.91. The first kappa shape index (κ1) is 19.2. The van der Waals surface area contributed by atoms with E-state index >= 15 is 0 Å². The molecule has 0 saturated carbocycles. The van der Waals surface area contributed by atoms with Gasteiger partial charge in [0.1, 0.15) is 4.21 Å². The minimum absolute atomic E-state index is 0.203. The molecular weight excluding hydrogens is 402 g/mol. The summed E-state index contributed by atoms with van der Waals surface area (Å²) in [5.41, 5.74) is 4.15. The number of aromatic nitrogens is 1. The molecule has 4 rings (SSSR count). The fourth-order valence-corrected chi connectivity index (χ4v) is 5.36. The molecule has 0 saturated heterocycles. The average molecular weight is 422 g/mol. The fourth-order valence-electron chi connectivity index (χ4n) is 3.32. The van der Waals surface area contributed by atoms with Crippen LogP contribution in [0.4, 0.5) is 5.69 Å². The van der Waals surface area contributed by atoms with Crippen LogP contribution in [0.15, 0.2) is 70.4 Å². The molecule has 0 aliphatic heterocycles. The quantitative estimate of drug-likeness (QED) is 0.454. The highest BCUT2D eigenvalue weighted by Gasteiger charge is 2.17. The third kappa shape index (κ3) is 3.65. The van der Waals surface area contributed by atoms with Gasteiger partial charge in [-0.1, -0.05) is 24.3 Å². The summed E-state index contributed by atoms with van der Waals surface area (Å²) in [7, 11) is -3.60. The summed E-state index contributed by atoms with van der Waals surface area (Å²) in [6.07, 6.45) is 2.08. The topological polar surface area (TPSA) is 74.9 Å². The summed E-state index contributed by atoms with van der Waals surface area (Å²) in [5.74, 6) is 0. The van der Waals surface area contributed by atoms with Crippen molar-refractivity contribution in [3.63, 3.8) is 0 Å². The van der Waals surface area contributed by atoms with Gasteiger partial charge in [-0.25, -0.2) is 8.42 Å². The molecule has 0 aliphatic carbocycles. The average Bonchev–Trinajstić information content (AvgIpc) is 3.36. The summed E-state index contributed by atoms with van der Waals surface area (Å²) in [4.78, 5) is 0. The Hall–Kier alpha value is -3.08. The Morgan fingerprint density at radius 2 is 1.86 bits per heavy atom. The van der Waals surface area contributed by atoms with E-state index < -0.39 is 10.0 Å². The van der Waals surface area contributed by atoms with Gasteiger partial charge in [0.25, 0.3) is 10.0 Å². The molecule has 0 atom stereocenters. The van der Waals surface area contributed by atoms with Gasteiger partial charge in [0.15, 0.2) is 0 Å². The highest BCUT2D eigenvalue weighted by Crippen LogP contribution is 2.34. The molecule has 0 bridgehead atoms. The van der Waals surface area contributed by atoms with Gasteiger partial charge >= 0.3 is 0 Å². The van der Waals surface area contributed by atoms with E-state index in [0.717, 1.165) is 22.0 Å². The molecule has 2 aromatic carbocycles. The van der Waals surface area contributed by atoms with Crippen LogP contribution in [-0.4, -0.2) is 13.0 Å². The number of nitrogens with zero attached hydrogens (tertiary/aromatic N) is 2. The van der Waals surface area contributed by atoms with Crippen LogP contribution in [0.25, 0.3) is 22.0 Å². The minimum atomic E-state index is -3.60. The molecule has 4 aromatic rings. The van der Waals surface area contributed by atoms with Crippen LogP contribution >= 0.6 is 11.3 Å². The van der Waals surface area contributed by atoms with Gasteiger partial charge in [-0.15, -0.1) is 11.3 Å². The molecule has 0 amide bonds. The van der Waals surface area contributed by atoms with Crippen LogP contribution in [0, 0.1) is 11.3 Å². The fraction of sp³-hybridized carbons (Fsp3) is 0.136. The molecule has 146 valence electrons. The summed E-state index contributed by atoms with van der Waals surface area (Å²) < 4.78 is 30.2. The summed E-state index contributed by atoms with van der Waals surface area (Å²) in [5, 5.41) is 11.8. The Morgan fingerprint density at radius 3 is 2.48 bits per heavy atom. The zero-order chi connectivity index (χ0) is 20.6. The predicted molar refractivity (Wildman–Crippen MR) is 118 cm³/mol. The van der Waals surface area contributed by atoms with Crippen molar-refractivity contribution in [2.45, 2.75) is 24.1 Å². The van der Waals surface area contributed by atoms with E-state index in [1.807, 2.05) is 24.3 Å². The van der Waals surface area contributed by atoms with Crippen LogP contribution < -0.4 is 4.72 Å². The minimum Gasteiger partial charge on any atom is -0.344 e. The number of fused-ring (bicyclic) bond motifs is 1. The number of hydrogen-bond donors (Lipinski definition) is 1. The molecule has 7 heteroatoms. The predicted octanol–water partition coefficient (Wildman–Crippen LogP) is 5.62. The number of rotatable bonds is 5. The number of anilines is 1. The van der Waals surface area contributed by atoms with Crippen LogP contribution in [0.3, 0.4) is 0 Å². The first-order valence-corrected chi connectivity index (χ1v) is 11.5. The second kappa shape index (κ2) is 7.39. The van der Waals surface area contributed by atoms with Crippen molar-refractivity contribution in [1.29, 1.82) is 5.26 Å². The van der Waals surface area contributed by atoms with Gasteiger partial charge in [-0.05, 0) is 55.1 Å². The van der Waals surface area contributed by atoms with Crippen molar-refractivity contribution in [3.8, 4) is 17.2 Å². The van der Waals surface area contributed by atoms with Gasteiger partial charge in [-0.3, -0.25) is 4.72 Å². The van der Waals surface area contributed by atoms with Crippen molar-refractivity contribution < 1.29 is 8.42 Å². The van der Waals surface area contributed by atoms with Gasteiger partial charge in [0.05, 0.1) is 22.8 Å². The second-order valence-corrected chi connectivity index (χ2v) is 9.86. The normalized spacial score (nSPS) is 11.7. The lowest BCUT2D eigenvalue weighted by Gasteiger charge is -2.11. The van der Waals surface area contributed by atoms with Gasteiger partial charge in [0.2, 0.25) is 0 Å². The largest absolute Gasteiger partial charge is 0.344 e. The molecule has 0 aliphatic rings. The van der Waals surface area contributed by atoms with Crippen LogP contribution in [-0.2, 0) is 10.0 Å². The van der Waals surface area contributed by atoms with Crippen LogP contribution in [0.2, 0.25) is 0 Å². The number of nitriles is 1. The smallest absolute Gasteiger partial charge is 0.271 e. The first-order chi connectivity index (χ1) is 13.9. The molecule has 0 unspecified atom stereocenters. The number of nitrogens with one attached hydrogen (secondary N) is 1. The lowest BCUT2D eigenvalue weighted by atomic mass is 10.0. The molecule has 2 heterocycles. The van der Waals surface area contributed by atoms with E-state index in [1.165, 1.54) is 11.3 Å². The third-order valence-corrected chi connectivity index (χ3v) is 7.51. The number of thiophene rings is 1. The van der Waals surface area contributed by atoms with Crippen molar-refractivity contribution in [2.75, 3.05) is 4.72 Å². The standard InChI is InChI=1S/C22H19N3O2S2/c1-15(2)25-14-20(17-7-5-16(13-23)6-8-17)19-10-9-18(12-21(19)25)24-29(26,27)22-4-3-11-28-22/h3-12,14-15,24H,1-2H3. The Bertz CT molecular complexity index is 1310. The molecule has 1 N–H and O–H groups in total. The van der Waals surface area contributed by atoms with E-state index in [9.17, 15) is 8.42 Å². The van der Waals surface area contributed by atoms with E-state index in [2.05, 4.69) is 35.4 Å². The maximum Gasteiger partial charge on any atom is 0.271 e. The zero-order valence-electron chi connectivity index (χ0n) is 16.0. The maximum absolute atomic E-state index is 12.6. The second-order valence-electron chi connectivity index (χ2n) is 7.00. The molecule has 2 aromatic heterocycles. The van der Waals surface area contributed by atoms with Crippen LogP contribution in [0.5, 0.6) is 0 Å². The van der Waals surface area contributed by atoms with Gasteiger partial charge in [0, 0.05) is 23.2 Å². The van der Waals surface area contributed by atoms with Crippen molar-refractivity contribution in [3.05, 3.63) is 71.7 Å². The Balaban J connectivity index is 1.80. The maximum atomic E-state index is 12.6. The SMILES string of the molecule is CC(C)n1cc(-c2ccc(C#N)cc2)c2ccc(NS(=O)(=O)c3cccs3)cc21. The number of sulfonamides is 1. The Morgan fingerprint density at radius 1 is 1.10 bits per heavy atom. The van der Waals surface area contributed by atoms with E-state index in [4.69, 9.17) is 5.26 Å². The van der Waals surface area contributed by atoms with Crippen molar-refractivity contribution >= 4 is 38.0 Å². The number of hydrogen-bond acceptors (Lipinski definition) is 4. The first-order valence-electron chi connectivity index (χ1n) is 9.10. The molecular formula is C22H19N3O2S2. The molecule has 5 nitrogen and oxygen atoms in total. The van der Waals surface area contributed by atoms with Crippen molar-refractivity contribution in [2.24, 2.45) is 0 Å². The van der Waals surface area contributed by atoms with Gasteiger partial charge in [-0.2, -0.15) is 5.26 Å². The van der Waals surface area contributed by atoms with Crippen molar-refractivity contribution in [1.82, 2.24) is 4.57 Å². The number of benzene rings is 2. The summed E-state index contributed by atoms with van der Waals surface area (Å²) in [6, 6.07) is 18.7. The lowest BCUT2D eigenvalue weighted by Crippen LogP contribution is -2.11. The zero-order valence-corrected chi connectivity index (χ0v) is 17.6. The highest BCUT2D eigenvalue weighted by atomic mass is 32.2. The molecule has 0 radical (unpaired) electrons. The molecule has 0 spiro atoms.